The van der Waals surface area contributed by atoms with Gasteiger partial charge in [-0.2, -0.15) is 0 Å². The second-order valence-corrected chi connectivity index (χ2v) is 7.59. The number of fused-ring (bicyclic) bond motifs is 1. The molecule has 1 aromatic carbocycles. The third-order valence-electron chi connectivity index (χ3n) is 5.09. The Kier molecular flexibility index (Phi) is 4.29. The van der Waals surface area contributed by atoms with Crippen molar-refractivity contribution < 1.29 is 4.79 Å². The van der Waals surface area contributed by atoms with Crippen molar-refractivity contribution in [1.82, 2.24) is 19.3 Å². The van der Waals surface area contributed by atoms with E-state index in [2.05, 4.69) is 14.9 Å². The van der Waals surface area contributed by atoms with Crippen molar-refractivity contribution in [3.63, 3.8) is 0 Å². The number of pyridine rings is 1. The van der Waals surface area contributed by atoms with Crippen LogP contribution >= 0.6 is 11.3 Å². The number of carbonyl (C=O) groups is 1. The summed E-state index contributed by atoms with van der Waals surface area (Å²) in [6.07, 6.45) is 5.57. The number of thiazole rings is 1. The molecule has 1 aliphatic rings. The van der Waals surface area contributed by atoms with E-state index in [4.69, 9.17) is 0 Å². The Morgan fingerprint density at radius 1 is 0.964 bits per heavy atom. The molecule has 1 aliphatic heterocycles. The Morgan fingerprint density at radius 2 is 1.71 bits per heavy atom. The lowest BCUT2D eigenvalue weighted by atomic mass is 10.2. The Labute approximate surface area is 166 Å². The predicted octanol–water partition coefficient (Wildman–Crippen LogP) is 3.42. The lowest BCUT2D eigenvalue weighted by Gasteiger charge is -2.35. The summed E-state index contributed by atoms with van der Waals surface area (Å²) in [5.41, 5.74) is 3.79. The lowest BCUT2D eigenvalue weighted by molar-refractivity contribution is 0.0740. The first kappa shape index (κ1) is 16.9. The van der Waals surface area contributed by atoms with Gasteiger partial charge >= 0.3 is 0 Å². The Hall–Kier alpha value is -3.19. The molecule has 0 atom stereocenters. The number of rotatable bonds is 3. The molecule has 0 bridgehead atoms. The number of amides is 1. The van der Waals surface area contributed by atoms with E-state index in [-0.39, 0.29) is 5.91 Å². The minimum absolute atomic E-state index is 0.0673. The van der Waals surface area contributed by atoms with Crippen LogP contribution < -0.4 is 4.90 Å². The molecule has 0 saturated carbocycles. The van der Waals surface area contributed by atoms with Gasteiger partial charge in [-0.15, -0.1) is 11.3 Å². The van der Waals surface area contributed by atoms with Gasteiger partial charge < -0.3 is 9.80 Å². The Bertz CT molecular complexity index is 1100. The third-order valence-corrected chi connectivity index (χ3v) is 5.93. The molecule has 28 heavy (non-hydrogen) atoms. The number of benzene rings is 1. The fourth-order valence-corrected chi connectivity index (χ4v) is 4.42. The molecule has 1 fully saturated rings. The molecule has 5 rings (SSSR count). The minimum atomic E-state index is 0.0673. The SMILES string of the molecule is O=C(c1csc2nc(-c3ccccc3)cn12)N1CCN(c2ccncc2)CC1. The van der Waals surface area contributed by atoms with Crippen LogP contribution in [0.2, 0.25) is 0 Å². The number of anilines is 1. The Morgan fingerprint density at radius 3 is 2.46 bits per heavy atom. The molecule has 0 aliphatic carbocycles. The van der Waals surface area contributed by atoms with Gasteiger partial charge in [-0.25, -0.2) is 4.98 Å². The van der Waals surface area contributed by atoms with E-state index in [9.17, 15) is 4.79 Å². The van der Waals surface area contributed by atoms with Crippen LogP contribution in [0.5, 0.6) is 0 Å². The van der Waals surface area contributed by atoms with Gasteiger partial charge in [0, 0.05) is 61.4 Å². The highest BCUT2D eigenvalue weighted by molar-refractivity contribution is 7.15. The van der Waals surface area contributed by atoms with Gasteiger partial charge in [-0.05, 0) is 12.1 Å². The summed E-state index contributed by atoms with van der Waals surface area (Å²) >= 11 is 1.51. The summed E-state index contributed by atoms with van der Waals surface area (Å²) in [5, 5.41) is 1.91. The molecule has 7 heteroatoms. The van der Waals surface area contributed by atoms with Crippen LogP contribution in [0.4, 0.5) is 5.69 Å². The monoisotopic (exact) mass is 389 g/mol. The summed E-state index contributed by atoms with van der Waals surface area (Å²) in [4.78, 5) is 26.9. The molecule has 0 unspecified atom stereocenters. The van der Waals surface area contributed by atoms with E-state index in [0.29, 0.717) is 18.8 Å². The molecule has 0 spiro atoms. The van der Waals surface area contributed by atoms with Crippen LogP contribution in [-0.4, -0.2) is 51.4 Å². The zero-order valence-corrected chi connectivity index (χ0v) is 16.0. The fraction of sp³-hybridized carbons (Fsp3) is 0.190. The first-order chi connectivity index (χ1) is 13.8. The maximum atomic E-state index is 13.1. The van der Waals surface area contributed by atoms with E-state index in [1.807, 2.05) is 63.3 Å². The number of hydrogen-bond acceptors (Lipinski definition) is 5. The maximum Gasteiger partial charge on any atom is 0.271 e. The summed E-state index contributed by atoms with van der Waals surface area (Å²) in [5.74, 6) is 0.0673. The van der Waals surface area contributed by atoms with E-state index in [1.165, 1.54) is 11.3 Å². The average Bonchev–Trinajstić information content (AvgIpc) is 3.36. The van der Waals surface area contributed by atoms with Crippen molar-refractivity contribution in [3.05, 3.63) is 72.1 Å². The molecule has 6 nitrogen and oxygen atoms in total. The van der Waals surface area contributed by atoms with Gasteiger partial charge in [0.25, 0.3) is 5.91 Å². The number of imidazole rings is 1. The molecule has 4 aromatic rings. The first-order valence-corrected chi connectivity index (χ1v) is 10.1. The molecule has 0 N–H and O–H groups in total. The van der Waals surface area contributed by atoms with Crippen LogP contribution in [0.15, 0.2) is 66.4 Å². The Balaban J connectivity index is 1.34. The highest BCUT2D eigenvalue weighted by atomic mass is 32.1. The van der Waals surface area contributed by atoms with Crippen molar-refractivity contribution in [2.24, 2.45) is 0 Å². The van der Waals surface area contributed by atoms with Gasteiger partial charge in [-0.3, -0.25) is 14.2 Å². The van der Waals surface area contributed by atoms with Gasteiger partial charge in [0.05, 0.1) is 5.69 Å². The zero-order valence-electron chi connectivity index (χ0n) is 15.2. The first-order valence-electron chi connectivity index (χ1n) is 9.26. The number of nitrogens with zero attached hydrogens (tertiary/aromatic N) is 5. The van der Waals surface area contributed by atoms with Crippen molar-refractivity contribution in [2.75, 3.05) is 31.1 Å². The van der Waals surface area contributed by atoms with Gasteiger partial charge in [0.15, 0.2) is 4.96 Å². The van der Waals surface area contributed by atoms with Crippen LogP contribution in [-0.2, 0) is 0 Å². The van der Waals surface area contributed by atoms with Crippen LogP contribution in [0.3, 0.4) is 0 Å². The van der Waals surface area contributed by atoms with Crippen molar-refractivity contribution in [1.29, 1.82) is 0 Å². The van der Waals surface area contributed by atoms with Gasteiger partial charge in [0.2, 0.25) is 0 Å². The third kappa shape index (κ3) is 3.03. The van der Waals surface area contributed by atoms with Crippen molar-refractivity contribution in [3.8, 4) is 11.3 Å². The number of aromatic nitrogens is 3. The molecule has 1 amide bonds. The molecule has 1 saturated heterocycles. The number of carbonyl (C=O) groups excluding carboxylic acids is 1. The van der Waals surface area contributed by atoms with E-state index >= 15 is 0 Å². The topological polar surface area (TPSA) is 53.7 Å². The average molecular weight is 389 g/mol. The van der Waals surface area contributed by atoms with E-state index in [1.54, 1.807) is 12.4 Å². The van der Waals surface area contributed by atoms with Crippen LogP contribution in [0.1, 0.15) is 10.5 Å². The van der Waals surface area contributed by atoms with E-state index < -0.39 is 0 Å². The van der Waals surface area contributed by atoms with Crippen LogP contribution in [0, 0.1) is 0 Å². The largest absolute Gasteiger partial charge is 0.368 e. The highest BCUT2D eigenvalue weighted by Gasteiger charge is 2.25. The number of hydrogen-bond donors (Lipinski definition) is 0. The predicted molar refractivity (Wildman–Crippen MR) is 111 cm³/mol. The second kappa shape index (κ2) is 7.09. The van der Waals surface area contributed by atoms with E-state index in [0.717, 1.165) is 35.0 Å². The fourth-order valence-electron chi connectivity index (χ4n) is 3.57. The van der Waals surface area contributed by atoms with Crippen LogP contribution in [0.25, 0.3) is 16.2 Å². The van der Waals surface area contributed by atoms with Gasteiger partial charge in [0.1, 0.15) is 5.69 Å². The van der Waals surface area contributed by atoms with Crippen molar-refractivity contribution >= 4 is 27.9 Å². The molecule has 4 heterocycles. The second-order valence-electron chi connectivity index (χ2n) is 6.75. The summed E-state index contributed by atoms with van der Waals surface area (Å²) < 4.78 is 1.92. The summed E-state index contributed by atoms with van der Waals surface area (Å²) in [7, 11) is 0. The van der Waals surface area contributed by atoms with Gasteiger partial charge in [-0.1, -0.05) is 30.3 Å². The summed E-state index contributed by atoms with van der Waals surface area (Å²) in [6.45, 7) is 3.06. The molecule has 140 valence electrons. The molecule has 3 aromatic heterocycles. The normalized spacial score (nSPS) is 14.6. The summed E-state index contributed by atoms with van der Waals surface area (Å²) in [6, 6.07) is 14.1. The molecule has 0 radical (unpaired) electrons. The molecular weight excluding hydrogens is 370 g/mol. The maximum absolute atomic E-state index is 13.1. The standard InChI is InChI=1S/C21H19N5OS/c27-20(25-12-10-24(11-13-25)17-6-8-22-9-7-17)19-15-28-21-23-18(14-26(19)21)16-4-2-1-3-5-16/h1-9,14-15H,10-13H2. The van der Waals surface area contributed by atoms with Crippen molar-refractivity contribution in [2.45, 2.75) is 0 Å². The minimum Gasteiger partial charge on any atom is -0.368 e. The highest BCUT2D eigenvalue weighted by Crippen LogP contribution is 2.25. The lowest BCUT2D eigenvalue weighted by Crippen LogP contribution is -2.49. The smallest absolute Gasteiger partial charge is 0.271 e. The molecular formula is C21H19N5OS. The zero-order chi connectivity index (χ0) is 18.9. The quantitative estimate of drug-likeness (QED) is 0.539. The number of piperazine rings is 1.